The zero-order chi connectivity index (χ0) is 21.3. The van der Waals surface area contributed by atoms with E-state index in [4.69, 9.17) is 4.98 Å². The van der Waals surface area contributed by atoms with Gasteiger partial charge in [-0.2, -0.15) is 0 Å². The number of pyridine rings is 1. The summed E-state index contributed by atoms with van der Waals surface area (Å²) in [7, 11) is 0. The number of hydrogen-bond donors (Lipinski definition) is 1. The van der Waals surface area contributed by atoms with Gasteiger partial charge in [-0.25, -0.2) is 0 Å². The molecule has 0 amide bonds. The molecule has 0 aliphatic carbocycles. The molecule has 0 fully saturated rings. The topological polar surface area (TPSA) is 37.3 Å². The third-order valence-corrected chi connectivity index (χ3v) is 5.40. The van der Waals surface area contributed by atoms with E-state index in [0.717, 1.165) is 38.9 Å². The molecule has 0 atom stereocenters. The highest BCUT2D eigenvalue weighted by molar-refractivity contribution is 6.10. The van der Waals surface area contributed by atoms with Crippen LogP contribution in [0.5, 0.6) is 0 Å². The van der Waals surface area contributed by atoms with Crippen LogP contribution < -0.4 is 5.32 Å². The van der Waals surface area contributed by atoms with Crippen LogP contribution in [-0.2, 0) is 5.41 Å². The Bertz CT molecular complexity index is 1280. The van der Waals surface area contributed by atoms with Gasteiger partial charge >= 0.3 is 0 Å². The molecule has 0 unspecified atom stereocenters. The van der Waals surface area contributed by atoms with Crippen molar-refractivity contribution in [2.24, 2.45) is 4.99 Å². The number of nitrogens with zero attached hydrogens (tertiary/aromatic N) is 2. The summed E-state index contributed by atoms with van der Waals surface area (Å²) < 4.78 is 0. The molecule has 1 aromatic heterocycles. The highest BCUT2D eigenvalue weighted by Gasteiger charge is 2.18. The first kappa shape index (κ1) is 19.8. The Labute approximate surface area is 178 Å². The molecule has 0 saturated carbocycles. The summed E-state index contributed by atoms with van der Waals surface area (Å²) in [4.78, 5) is 9.12. The second-order valence-corrected chi connectivity index (χ2v) is 8.54. The first-order chi connectivity index (χ1) is 14.4. The molecule has 4 aromatic rings. The van der Waals surface area contributed by atoms with E-state index in [9.17, 15) is 0 Å². The van der Waals surface area contributed by atoms with E-state index in [1.165, 1.54) is 10.9 Å². The third-order valence-electron chi connectivity index (χ3n) is 5.40. The number of fused-ring (bicyclic) bond motifs is 3. The SMILES string of the molecule is C=Nc1c(/C=C\C)cccc1Nc1cc(C(C)(C)C)cc2c1ncc1ccccc12. The molecule has 0 spiro atoms. The van der Waals surface area contributed by atoms with Crippen molar-refractivity contribution in [3.63, 3.8) is 0 Å². The first-order valence-corrected chi connectivity index (χ1v) is 10.2. The normalized spacial score (nSPS) is 12.0. The van der Waals surface area contributed by atoms with Crippen LogP contribution >= 0.6 is 0 Å². The molecule has 0 saturated heterocycles. The second kappa shape index (κ2) is 7.75. The van der Waals surface area contributed by atoms with Crippen LogP contribution in [0.2, 0.25) is 0 Å². The Morgan fingerprint density at radius 2 is 1.77 bits per heavy atom. The van der Waals surface area contributed by atoms with Gasteiger partial charge in [-0.15, -0.1) is 0 Å². The van der Waals surface area contributed by atoms with Crippen molar-refractivity contribution < 1.29 is 0 Å². The van der Waals surface area contributed by atoms with Crippen molar-refractivity contribution in [2.75, 3.05) is 5.32 Å². The van der Waals surface area contributed by atoms with Crippen LogP contribution in [0.15, 0.2) is 71.9 Å². The smallest absolute Gasteiger partial charge is 0.0943 e. The molecule has 0 radical (unpaired) electrons. The van der Waals surface area contributed by atoms with Gasteiger partial charge in [0, 0.05) is 22.5 Å². The minimum atomic E-state index is 0.00782. The van der Waals surface area contributed by atoms with Crippen LogP contribution in [0.1, 0.15) is 38.8 Å². The minimum absolute atomic E-state index is 0.00782. The fourth-order valence-corrected chi connectivity index (χ4v) is 3.79. The maximum atomic E-state index is 4.82. The second-order valence-electron chi connectivity index (χ2n) is 8.54. The molecule has 1 N–H and O–H groups in total. The van der Waals surface area contributed by atoms with Gasteiger partial charge in [0.1, 0.15) is 0 Å². The lowest BCUT2D eigenvalue weighted by atomic mass is 9.85. The maximum absolute atomic E-state index is 4.82. The molecule has 0 aliphatic heterocycles. The fraction of sp³-hybridized carbons (Fsp3) is 0.185. The van der Waals surface area contributed by atoms with Crippen molar-refractivity contribution >= 4 is 51.5 Å². The molecule has 3 heteroatoms. The van der Waals surface area contributed by atoms with Crippen LogP contribution in [0, 0.1) is 0 Å². The van der Waals surface area contributed by atoms with Crippen LogP contribution in [0.4, 0.5) is 17.1 Å². The molecule has 3 aromatic carbocycles. The number of allylic oxidation sites excluding steroid dienone is 1. The highest BCUT2D eigenvalue weighted by atomic mass is 14.9. The monoisotopic (exact) mass is 393 g/mol. The number of para-hydroxylation sites is 1. The summed E-state index contributed by atoms with van der Waals surface area (Å²) in [5.74, 6) is 0. The largest absolute Gasteiger partial charge is 0.352 e. The number of benzene rings is 3. The summed E-state index contributed by atoms with van der Waals surface area (Å²) in [5.41, 5.74) is 5.99. The van der Waals surface area contributed by atoms with Gasteiger partial charge in [0.25, 0.3) is 0 Å². The lowest BCUT2D eigenvalue weighted by Gasteiger charge is -2.22. The average molecular weight is 394 g/mol. The lowest BCUT2D eigenvalue weighted by molar-refractivity contribution is 0.591. The van der Waals surface area contributed by atoms with Crippen LogP contribution in [-0.4, -0.2) is 11.7 Å². The fourth-order valence-electron chi connectivity index (χ4n) is 3.79. The Kier molecular flexibility index (Phi) is 5.13. The number of aliphatic imine (C=N–C) groups is 1. The van der Waals surface area contributed by atoms with Gasteiger partial charge in [-0.05, 0) is 48.2 Å². The average Bonchev–Trinajstić information content (AvgIpc) is 2.73. The van der Waals surface area contributed by atoms with Crippen molar-refractivity contribution in [1.82, 2.24) is 4.98 Å². The van der Waals surface area contributed by atoms with E-state index in [1.54, 1.807) is 0 Å². The molecular formula is C27H27N3. The molecule has 3 nitrogen and oxygen atoms in total. The molecule has 1 heterocycles. The Morgan fingerprint density at radius 3 is 2.50 bits per heavy atom. The number of nitrogens with one attached hydrogen (secondary N) is 1. The molecule has 0 aliphatic rings. The predicted molar refractivity (Wildman–Crippen MR) is 132 cm³/mol. The molecule has 150 valence electrons. The number of anilines is 2. The van der Waals surface area contributed by atoms with Gasteiger partial charge < -0.3 is 5.32 Å². The summed E-state index contributed by atoms with van der Waals surface area (Å²) in [6.45, 7) is 12.5. The molecule has 0 bridgehead atoms. The zero-order valence-corrected chi connectivity index (χ0v) is 18.0. The predicted octanol–water partition coefficient (Wildman–Crippen LogP) is 7.79. The summed E-state index contributed by atoms with van der Waals surface area (Å²) in [6.07, 6.45) is 6.00. The minimum Gasteiger partial charge on any atom is -0.352 e. The molecule has 30 heavy (non-hydrogen) atoms. The number of rotatable bonds is 4. The lowest BCUT2D eigenvalue weighted by Crippen LogP contribution is -2.11. The van der Waals surface area contributed by atoms with Crippen molar-refractivity contribution in [2.45, 2.75) is 33.1 Å². The van der Waals surface area contributed by atoms with Gasteiger partial charge in [0.15, 0.2) is 0 Å². The first-order valence-electron chi connectivity index (χ1n) is 10.2. The van der Waals surface area contributed by atoms with E-state index in [-0.39, 0.29) is 5.41 Å². The summed E-state index contributed by atoms with van der Waals surface area (Å²) in [6, 6.07) is 19.0. The number of hydrogen-bond acceptors (Lipinski definition) is 3. The van der Waals surface area contributed by atoms with E-state index in [1.807, 2.05) is 43.5 Å². The van der Waals surface area contributed by atoms with E-state index < -0.39 is 0 Å². The van der Waals surface area contributed by atoms with Gasteiger partial charge in [-0.1, -0.05) is 69.3 Å². The van der Waals surface area contributed by atoms with Crippen molar-refractivity contribution in [3.05, 3.63) is 78.0 Å². The summed E-state index contributed by atoms with van der Waals surface area (Å²) >= 11 is 0. The molecule has 4 rings (SSSR count). The zero-order valence-electron chi connectivity index (χ0n) is 18.0. The van der Waals surface area contributed by atoms with E-state index >= 15 is 0 Å². The Hall–Kier alpha value is -3.46. The quantitative estimate of drug-likeness (QED) is 0.284. The van der Waals surface area contributed by atoms with Gasteiger partial charge in [-0.3, -0.25) is 9.98 Å². The summed E-state index contributed by atoms with van der Waals surface area (Å²) in [5, 5.41) is 7.12. The maximum Gasteiger partial charge on any atom is 0.0943 e. The van der Waals surface area contributed by atoms with Crippen LogP contribution in [0.3, 0.4) is 0 Å². The Balaban J connectivity index is 1.98. The highest BCUT2D eigenvalue weighted by Crippen LogP contribution is 2.38. The van der Waals surface area contributed by atoms with Crippen molar-refractivity contribution in [3.8, 4) is 0 Å². The van der Waals surface area contributed by atoms with Crippen LogP contribution in [0.25, 0.3) is 27.8 Å². The van der Waals surface area contributed by atoms with Gasteiger partial charge in [0.05, 0.1) is 22.6 Å². The van der Waals surface area contributed by atoms with E-state index in [2.05, 4.69) is 74.2 Å². The Morgan fingerprint density at radius 1 is 0.967 bits per heavy atom. The van der Waals surface area contributed by atoms with Crippen molar-refractivity contribution in [1.29, 1.82) is 0 Å². The molecular weight excluding hydrogens is 366 g/mol. The third kappa shape index (κ3) is 3.59. The standard InChI is InChI=1S/C27H27N3/c1-6-10-18-12-9-14-23(25(18)28-5)30-24-16-20(27(2,3)4)15-22-21-13-8-7-11-19(21)17-29-26(22)24/h6-17,30H,5H2,1-4H3/b10-6-. The number of aromatic nitrogens is 1. The van der Waals surface area contributed by atoms with E-state index in [0.29, 0.717) is 0 Å². The van der Waals surface area contributed by atoms with Gasteiger partial charge in [0.2, 0.25) is 0 Å².